The molecule has 2 N–H and O–H groups in total. The van der Waals surface area contributed by atoms with E-state index in [4.69, 9.17) is 10.5 Å². The van der Waals surface area contributed by atoms with Crippen LogP contribution in [-0.4, -0.2) is 83.9 Å². The van der Waals surface area contributed by atoms with Crippen LogP contribution in [-0.2, 0) is 19.4 Å². The van der Waals surface area contributed by atoms with Crippen molar-refractivity contribution in [3.05, 3.63) is 64.3 Å². The molecule has 2 aliphatic rings. The lowest BCUT2D eigenvalue weighted by molar-refractivity contribution is -0.126. The third kappa shape index (κ3) is 4.96. The number of pyridine rings is 1. The van der Waals surface area contributed by atoms with Crippen LogP contribution in [0.1, 0.15) is 18.4 Å². The van der Waals surface area contributed by atoms with Gasteiger partial charge in [0, 0.05) is 37.8 Å². The third-order valence-corrected chi connectivity index (χ3v) is 9.52. The predicted octanol–water partition coefficient (Wildman–Crippen LogP) is 2.37. The van der Waals surface area contributed by atoms with E-state index in [1.807, 2.05) is 11.8 Å². The van der Waals surface area contributed by atoms with Crippen molar-refractivity contribution in [2.24, 2.45) is 0 Å². The number of hydrogen-bond acceptors (Lipinski definition) is 11. The molecule has 5 heterocycles. The summed E-state index contributed by atoms with van der Waals surface area (Å²) in [6, 6.07) is 5.69. The zero-order chi connectivity index (χ0) is 30.6. The van der Waals surface area contributed by atoms with Crippen LogP contribution in [0.15, 0.2) is 52.1 Å². The number of carbonyl (C=O) groups is 1. The van der Waals surface area contributed by atoms with Crippen molar-refractivity contribution >= 4 is 48.9 Å². The van der Waals surface area contributed by atoms with Crippen LogP contribution in [0.3, 0.4) is 0 Å². The normalized spacial score (nSPS) is 17.7. The molecule has 0 unspecified atom stereocenters. The van der Waals surface area contributed by atoms with Crippen LogP contribution in [0.4, 0.5) is 15.2 Å². The SMILES string of the molecule is C=CC(=O)N1CCN(c2nc(=O)n(-c3c(C4COC4)cccc3S(C)(=O)=O)c3nc(-c4ncsc4N)c(F)cc23)[C@@H](C)C1. The number of anilines is 2. The molecule has 0 bridgehead atoms. The molecule has 3 aromatic heterocycles. The number of fused-ring (bicyclic) bond motifs is 1. The largest absolute Gasteiger partial charge is 0.389 e. The van der Waals surface area contributed by atoms with Gasteiger partial charge in [-0.05, 0) is 30.7 Å². The minimum atomic E-state index is -3.85. The van der Waals surface area contributed by atoms with Gasteiger partial charge < -0.3 is 20.3 Å². The molecule has 1 atom stereocenters. The summed E-state index contributed by atoms with van der Waals surface area (Å²) in [7, 11) is -3.85. The number of sulfone groups is 1. The minimum absolute atomic E-state index is 0.00631. The van der Waals surface area contributed by atoms with Gasteiger partial charge in [0.25, 0.3) is 0 Å². The lowest BCUT2D eigenvalue weighted by Crippen LogP contribution is -2.54. The van der Waals surface area contributed by atoms with Crippen molar-refractivity contribution in [3.63, 3.8) is 0 Å². The van der Waals surface area contributed by atoms with Gasteiger partial charge in [-0.3, -0.25) is 4.79 Å². The van der Waals surface area contributed by atoms with Crippen LogP contribution in [0, 0.1) is 5.82 Å². The van der Waals surface area contributed by atoms with Crippen LogP contribution >= 0.6 is 11.3 Å². The first kappa shape index (κ1) is 28.9. The number of thiazole rings is 1. The molecule has 0 spiro atoms. The number of halogens is 1. The van der Waals surface area contributed by atoms with E-state index in [9.17, 15) is 18.0 Å². The number of para-hydroxylation sites is 1. The Labute approximate surface area is 250 Å². The molecule has 2 aliphatic heterocycles. The van der Waals surface area contributed by atoms with Gasteiger partial charge in [-0.25, -0.2) is 32.1 Å². The fraction of sp³-hybridized carbons (Fsp3) is 0.321. The summed E-state index contributed by atoms with van der Waals surface area (Å²) < 4.78 is 48.5. The minimum Gasteiger partial charge on any atom is -0.389 e. The molecule has 224 valence electrons. The second-order valence-electron chi connectivity index (χ2n) is 10.5. The standard InChI is InChI=1S/C28H28FN7O5S2/c1-4-21(37)34-8-9-35(15(2)11-34)26-18-10-19(29)22(23-25(30)42-14-31-23)32-27(18)36(28(38)33-26)24-17(16-12-41-13-16)6-5-7-20(24)43(3,39)40/h4-7,10,14-16H,1,8-9,11-13,30H2,2-3H3/t15-/m0/s1. The maximum Gasteiger partial charge on any atom is 0.355 e. The van der Waals surface area contributed by atoms with Gasteiger partial charge in [-0.15, -0.1) is 11.3 Å². The quantitative estimate of drug-likeness (QED) is 0.316. The van der Waals surface area contributed by atoms with E-state index in [2.05, 4.69) is 21.5 Å². The van der Waals surface area contributed by atoms with E-state index in [0.717, 1.165) is 22.2 Å². The van der Waals surface area contributed by atoms with Crippen LogP contribution in [0.25, 0.3) is 28.1 Å². The number of rotatable bonds is 6. The van der Waals surface area contributed by atoms with E-state index in [1.54, 1.807) is 17.0 Å². The molecule has 4 aromatic rings. The van der Waals surface area contributed by atoms with Gasteiger partial charge in [-0.2, -0.15) is 4.98 Å². The molecule has 0 radical (unpaired) electrons. The molecule has 1 aromatic carbocycles. The third-order valence-electron chi connectivity index (χ3n) is 7.74. The predicted molar refractivity (Wildman–Crippen MR) is 161 cm³/mol. The highest BCUT2D eigenvalue weighted by molar-refractivity contribution is 7.90. The average molecular weight is 626 g/mol. The summed E-state index contributed by atoms with van der Waals surface area (Å²) >= 11 is 1.11. The first-order chi connectivity index (χ1) is 20.5. The van der Waals surface area contributed by atoms with E-state index >= 15 is 4.39 Å². The van der Waals surface area contributed by atoms with E-state index in [1.165, 1.54) is 23.7 Å². The Morgan fingerprint density at radius 1 is 1.23 bits per heavy atom. The Morgan fingerprint density at radius 3 is 2.60 bits per heavy atom. The first-order valence-corrected chi connectivity index (χ1v) is 16.2. The molecule has 0 aliphatic carbocycles. The highest BCUT2D eigenvalue weighted by Crippen LogP contribution is 2.37. The number of benzene rings is 1. The second-order valence-corrected chi connectivity index (χ2v) is 13.4. The van der Waals surface area contributed by atoms with Crippen molar-refractivity contribution in [2.45, 2.75) is 23.8 Å². The molecule has 2 fully saturated rings. The molecule has 6 rings (SSSR count). The summed E-state index contributed by atoms with van der Waals surface area (Å²) in [6.07, 6.45) is 2.30. The average Bonchev–Trinajstić information content (AvgIpc) is 3.36. The van der Waals surface area contributed by atoms with Crippen LogP contribution in [0.2, 0.25) is 0 Å². The Hall–Kier alpha value is -4.21. The number of nitrogens with zero attached hydrogens (tertiary/aromatic N) is 6. The summed E-state index contributed by atoms with van der Waals surface area (Å²) in [5.74, 6) is -0.967. The number of piperazine rings is 1. The fourth-order valence-corrected chi connectivity index (χ4v) is 6.97. The number of ether oxygens (including phenoxy) is 1. The molecule has 2 saturated heterocycles. The van der Waals surface area contributed by atoms with Crippen LogP contribution in [0.5, 0.6) is 0 Å². The van der Waals surface area contributed by atoms with Gasteiger partial charge in [0.2, 0.25) is 5.91 Å². The number of nitrogens with two attached hydrogens (primary N) is 1. The topological polar surface area (TPSA) is 154 Å². The van der Waals surface area contributed by atoms with Gasteiger partial charge in [0.1, 0.15) is 22.2 Å². The fourth-order valence-electron chi connectivity index (χ4n) is 5.55. The Balaban J connectivity index is 1.66. The maximum absolute atomic E-state index is 15.8. The number of amides is 1. The monoisotopic (exact) mass is 625 g/mol. The van der Waals surface area contributed by atoms with Crippen molar-refractivity contribution in [3.8, 4) is 17.1 Å². The van der Waals surface area contributed by atoms with Crippen molar-refractivity contribution in [1.82, 2.24) is 24.4 Å². The Morgan fingerprint density at radius 2 is 2.00 bits per heavy atom. The van der Waals surface area contributed by atoms with Crippen molar-refractivity contribution in [1.29, 1.82) is 0 Å². The lowest BCUT2D eigenvalue weighted by atomic mass is 9.95. The number of aromatic nitrogens is 4. The molecular formula is C28H28FN7O5S2. The smallest absolute Gasteiger partial charge is 0.355 e. The maximum atomic E-state index is 15.8. The first-order valence-electron chi connectivity index (χ1n) is 13.4. The van der Waals surface area contributed by atoms with Crippen molar-refractivity contribution in [2.75, 3.05) is 49.7 Å². The molecule has 43 heavy (non-hydrogen) atoms. The van der Waals surface area contributed by atoms with E-state index in [0.29, 0.717) is 38.4 Å². The molecule has 0 saturated carbocycles. The molecule has 12 nitrogen and oxygen atoms in total. The summed E-state index contributed by atoms with van der Waals surface area (Å²) in [5.41, 5.74) is 7.32. The molecule has 1 amide bonds. The number of carbonyl (C=O) groups excluding carboxylic acids is 1. The van der Waals surface area contributed by atoms with Crippen molar-refractivity contribution < 1.29 is 22.3 Å². The highest BCUT2D eigenvalue weighted by atomic mass is 32.2. The van der Waals surface area contributed by atoms with Gasteiger partial charge >= 0.3 is 5.69 Å². The zero-order valence-corrected chi connectivity index (χ0v) is 25.0. The van der Waals surface area contributed by atoms with E-state index < -0.39 is 21.3 Å². The Kier molecular flexibility index (Phi) is 7.26. The summed E-state index contributed by atoms with van der Waals surface area (Å²) in [5, 5.41) is 0.415. The summed E-state index contributed by atoms with van der Waals surface area (Å²) in [6.45, 7) is 7.05. The lowest BCUT2D eigenvalue weighted by Gasteiger charge is -2.40. The van der Waals surface area contributed by atoms with Gasteiger partial charge in [0.05, 0.1) is 34.7 Å². The number of hydrogen-bond donors (Lipinski definition) is 1. The summed E-state index contributed by atoms with van der Waals surface area (Å²) in [4.78, 5) is 42.9. The second kappa shape index (κ2) is 10.8. The van der Waals surface area contributed by atoms with Gasteiger partial charge in [-0.1, -0.05) is 18.7 Å². The Bertz CT molecular complexity index is 1950. The number of nitrogen functional groups attached to an aromatic ring is 1. The van der Waals surface area contributed by atoms with Gasteiger partial charge in [0.15, 0.2) is 21.3 Å². The van der Waals surface area contributed by atoms with E-state index in [-0.39, 0.29) is 61.7 Å². The van der Waals surface area contributed by atoms with Crippen LogP contribution < -0.4 is 16.3 Å². The zero-order valence-electron chi connectivity index (χ0n) is 23.4. The molecule has 15 heteroatoms. The molecular weight excluding hydrogens is 597 g/mol. The highest BCUT2D eigenvalue weighted by Gasteiger charge is 2.33.